The van der Waals surface area contributed by atoms with Crippen molar-refractivity contribution >= 4 is 5.69 Å². The molecule has 1 saturated heterocycles. The van der Waals surface area contributed by atoms with E-state index in [9.17, 15) is 0 Å². The van der Waals surface area contributed by atoms with E-state index < -0.39 is 0 Å². The summed E-state index contributed by atoms with van der Waals surface area (Å²) in [6.45, 7) is 7.41. The molecular weight excluding hydrogens is 186 g/mol. The molecule has 1 aliphatic heterocycles. The molecule has 0 radical (unpaired) electrons. The maximum absolute atomic E-state index is 5.52. The van der Waals surface area contributed by atoms with E-state index >= 15 is 0 Å². The van der Waals surface area contributed by atoms with Crippen LogP contribution in [0.1, 0.15) is 26.0 Å². The van der Waals surface area contributed by atoms with Gasteiger partial charge in [-0.25, -0.2) is 0 Å². The van der Waals surface area contributed by atoms with E-state index in [4.69, 9.17) is 5.73 Å². The number of nitrogens with zero attached hydrogens (tertiary/aromatic N) is 2. The second kappa shape index (κ2) is 3.81. The summed E-state index contributed by atoms with van der Waals surface area (Å²) in [7, 11) is 0. The SMILES string of the molecule is CC1(C)CCN(c2ccc(CN)nc2)C1. The zero-order chi connectivity index (χ0) is 10.9. The normalized spacial score (nSPS) is 19.5. The molecule has 0 atom stereocenters. The van der Waals surface area contributed by atoms with Gasteiger partial charge in [-0.05, 0) is 24.0 Å². The quantitative estimate of drug-likeness (QED) is 0.800. The van der Waals surface area contributed by atoms with Crippen LogP contribution in [0.4, 0.5) is 5.69 Å². The molecule has 1 aromatic heterocycles. The summed E-state index contributed by atoms with van der Waals surface area (Å²) >= 11 is 0. The molecule has 2 N–H and O–H groups in total. The Labute approximate surface area is 91.3 Å². The summed E-state index contributed by atoms with van der Waals surface area (Å²) in [6.07, 6.45) is 3.19. The first-order valence-corrected chi connectivity index (χ1v) is 5.51. The molecule has 3 nitrogen and oxygen atoms in total. The highest BCUT2D eigenvalue weighted by Crippen LogP contribution is 2.31. The van der Waals surface area contributed by atoms with Crippen molar-refractivity contribution in [3.05, 3.63) is 24.0 Å². The minimum atomic E-state index is 0.437. The fourth-order valence-electron chi connectivity index (χ4n) is 2.06. The van der Waals surface area contributed by atoms with Crippen LogP contribution in [0.2, 0.25) is 0 Å². The number of nitrogens with two attached hydrogens (primary N) is 1. The van der Waals surface area contributed by atoms with E-state index in [0.29, 0.717) is 12.0 Å². The van der Waals surface area contributed by atoms with Crippen molar-refractivity contribution in [1.29, 1.82) is 0 Å². The van der Waals surface area contributed by atoms with Gasteiger partial charge < -0.3 is 10.6 Å². The van der Waals surface area contributed by atoms with Crippen molar-refractivity contribution in [1.82, 2.24) is 4.98 Å². The van der Waals surface area contributed by atoms with Gasteiger partial charge in [0.1, 0.15) is 0 Å². The third kappa shape index (κ3) is 2.29. The van der Waals surface area contributed by atoms with Crippen molar-refractivity contribution in [2.75, 3.05) is 18.0 Å². The van der Waals surface area contributed by atoms with Crippen LogP contribution >= 0.6 is 0 Å². The van der Waals surface area contributed by atoms with Crippen LogP contribution in [0, 0.1) is 5.41 Å². The Morgan fingerprint density at radius 1 is 1.47 bits per heavy atom. The van der Waals surface area contributed by atoms with Crippen molar-refractivity contribution in [3.8, 4) is 0 Å². The van der Waals surface area contributed by atoms with E-state index in [2.05, 4.69) is 29.8 Å². The second-order valence-electron chi connectivity index (χ2n) is 5.05. The smallest absolute Gasteiger partial charge is 0.0553 e. The van der Waals surface area contributed by atoms with Crippen LogP contribution in [0.15, 0.2) is 18.3 Å². The van der Waals surface area contributed by atoms with E-state index in [1.165, 1.54) is 12.1 Å². The van der Waals surface area contributed by atoms with Gasteiger partial charge in [0.25, 0.3) is 0 Å². The molecular formula is C12H19N3. The fraction of sp³-hybridized carbons (Fsp3) is 0.583. The van der Waals surface area contributed by atoms with Crippen molar-refractivity contribution < 1.29 is 0 Å². The minimum Gasteiger partial charge on any atom is -0.370 e. The van der Waals surface area contributed by atoms with Crippen molar-refractivity contribution in [2.45, 2.75) is 26.8 Å². The lowest BCUT2D eigenvalue weighted by atomic mass is 9.93. The van der Waals surface area contributed by atoms with E-state index in [0.717, 1.165) is 18.8 Å². The monoisotopic (exact) mass is 205 g/mol. The Kier molecular flexibility index (Phi) is 2.65. The predicted molar refractivity (Wildman–Crippen MR) is 62.7 cm³/mol. The molecule has 0 bridgehead atoms. The first-order valence-electron chi connectivity index (χ1n) is 5.51. The number of pyridine rings is 1. The van der Waals surface area contributed by atoms with Gasteiger partial charge in [0.15, 0.2) is 0 Å². The van der Waals surface area contributed by atoms with Gasteiger partial charge in [-0.15, -0.1) is 0 Å². The summed E-state index contributed by atoms with van der Waals surface area (Å²) in [5.41, 5.74) is 8.13. The molecule has 0 aromatic carbocycles. The average Bonchev–Trinajstić information content (AvgIpc) is 2.59. The van der Waals surface area contributed by atoms with Crippen LogP contribution in [0.3, 0.4) is 0 Å². The molecule has 1 fully saturated rings. The summed E-state index contributed by atoms with van der Waals surface area (Å²) in [5, 5.41) is 0. The Morgan fingerprint density at radius 2 is 2.27 bits per heavy atom. The van der Waals surface area contributed by atoms with Gasteiger partial charge in [-0.1, -0.05) is 13.8 Å². The number of rotatable bonds is 2. The van der Waals surface area contributed by atoms with E-state index in [1.807, 2.05) is 12.3 Å². The Bertz CT molecular complexity index is 329. The van der Waals surface area contributed by atoms with Gasteiger partial charge in [0.2, 0.25) is 0 Å². The fourth-order valence-corrected chi connectivity index (χ4v) is 2.06. The van der Waals surface area contributed by atoms with Crippen molar-refractivity contribution in [2.24, 2.45) is 11.1 Å². The Balaban J connectivity index is 2.11. The lowest BCUT2D eigenvalue weighted by Gasteiger charge is -2.21. The summed E-state index contributed by atoms with van der Waals surface area (Å²) in [4.78, 5) is 6.72. The molecule has 0 unspecified atom stereocenters. The van der Waals surface area contributed by atoms with Crippen LogP contribution in [0.25, 0.3) is 0 Å². The highest BCUT2D eigenvalue weighted by Gasteiger charge is 2.29. The molecule has 0 saturated carbocycles. The van der Waals surface area contributed by atoms with Crippen LogP contribution in [0.5, 0.6) is 0 Å². The van der Waals surface area contributed by atoms with Crippen molar-refractivity contribution in [3.63, 3.8) is 0 Å². The van der Waals surface area contributed by atoms with Gasteiger partial charge in [-0.3, -0.25) is 4.98 Å². The third-order valence-corrected chi connectivity index (χ3v) is 3.06. The first kappa shape index (κ1) is 10.4. The molecule has 2 heterocycles. The number of anilines is 1. The largest absolute Gasteiger partial charge is 0.370 e. The highest BCUT2D eigenvalue weighted by molar-refractivity contribution is 5.46. The number of hydrogen-bond acceptors (Lipinski definition) is 3. The van der Waals surface area contributed by atoms with Crippen LogP contribution < -0.4 is 10.6 Å². The summed E-state index contributed by atoms with van der Waals surface area (Å²) < 4.78 is 0. The molecule has 0 aliphatic carbocycles. The summed E-state index contributed by atoms with van der Waals surface area (Å²) in [6, 6.07) is 4.14. The van der Waals surface area contributed by atoms with E-state index in [-0.39, 0.29) is 0 Å². The zero-order valence-corrected chi connectivity index (χ0v) is 9.53. The summed E-state index contributed by atoms with van der Waals surface area (Å²) in [5.74, 6) is 0. The number of aromatic nitrogens is 1. The lowest BCUT2D eigenvalue weighted by Crippen LogP contribution is -2.22. The second-order valence-corrected chi connectivity index (χ2v) is 5.05. The molecule has 1 aromatic rings. The third-order valence-electron chi connectivity index (χ3n) is 3.06. The van der Waals surface area contributed by atoms with Gasteiger partial charge in [0.05, 0.1) is 17.6 Å². The van der Waals surface area contributed by atoms with E-state index in [1.54, 1.807) is 0 Å². The van der Waals surface area contributed by atoms with Crippen LogP contribution in [-0.2, 0) is 6.54 Å². The molecule has 2 rings (SSSR count). The van der Waals surface area contributed by atoms with Gasteiger partial charge in [-0.2, -0.15) is 0 Å². The number of hydrogen-bond donors (Lipinski definition) is 1. The van der Waals surface area contributed by atoms with Crippen LogP contribution in [-0.4, -0.2) is 18.1 Å². The molecule has 0 amide bonds. The maximum Gasteiger partial charge on any atom is 0.0553 e. The van der Waals surface area contributed by atoms with Gasteiger partial charge >= 0.3 is 0 Å². The van der Waals surface area contributed by atoms with Gasteiger partial charge in [0, 0.05) is 19.6 Å². The highest BCUT2D eigenvalue weighted by atomic mass is 15.2. The molecule has 0 spiro atoms. The minimum absolute atomic E-state index is 0.437. The molecule has 3 heteroatoms. The molecule has 15 heavy (non-hydrogen) atoms. The Hall–Kier alpha value is -1.09. The average molecular weight is 205 g/mol. The zero-order valence-electron chi connectivity index (χ0n) is 9.53. The maximum atomic E-state index is 5.52. The standard InChI is InChI=1S/C12H19N3/c1-12(2)5-6-15(9-12)11-4-3-10(7-13)14-8-11/h3-4,8H,5-7,9,13H2,1-2H3. The topological polar surface area (TPSA) is 42.1 Å². The molecule has 1 aliphatic rings. The Morgan fingerprint density at radius 3 is 2.73 bits per heavy atom. The molecule has 82 valence electrons. The predicted octanol–water partition coefficient (Wildman–Crippen LogP) is 1.78. The lowest BCUT2D eigenvalue weighted by molar-refractivity contribution is 0.418. The first-order chi connectivity index (χ1) is 7.11.